The summed E-state index contributed by atoms with van der Waals surface area (Å²) in [6.07, 6.45) is 1.60. The monoisotopic (exact) mass is 225 g/mol. The van der Waals surface area contributed by atoms with E-state index in [4.69, 9.17) is 0 Å². The van der Waals surface area contributed by atoms with Crippen LogP contribution in [0, 0.1) is 19.1 Å². The van der Waals surface area contributed by atoms with Gasteiger partial charge in [-0.2, -0.15) is 4.74 Å². The molecular formula is C15H15NO. The van der Waals surface area contributed by atoms with Gasteiger partial charge in [-0.3, -0.25) is 0 Å². The highest BCUT2D eigenvalue weighted by Crippen LogP contribution is 2.11. The average Bonchev–Trinajstić information content (AvgIpc) is 2.35. The van der Waals surface area contributed by atoms with Crippen LogP contribution in [-0.2, 0) is 0 Å². The Morgan fingerprint density at radius 2 is 1.65 bits per heavy atom. The summed E-state index contributed by atoms with van der Waals surface area (Å²) in [6, 6.07) is 15.2. The molecule has 2 rings (SSSR count). The van der Waals surface area contributed by atoms with Crippen LogP contribution >= 0.6 is 0 Å². The third-order valence-electron chi connectivity index (χ3n) is 2.81. The van der Waals surface area contributed by atoms with Crippen molar-refractivity contribution in [1.29, 1.82) is 0 Å². The van der Waals surface area contributed by atoms with Gasteiger partial charge in [0.1, 0.15) is 0 Å². The first-order valence-corrected chi connectivity index (χ1v) is 5.60. The Hall–Kier alpha value is -2.09. The van der Waals surface area contributed by atoms with E-state index in [1.165, 1.54) is 11.1 Å². The van der Waals surface area contributed by atoms with Gasteiger partial charge in [-0.15, -0.1) is 0 Å². The summed E-state index contributed by atoms with van der Waals surface area (Å²) in [5, 5.41) is 11.9. The van der Waals surface area contributed by atoms with Crippen LogP contribution in [0.25, 0.3) is 0 Å². The van der Waals surface area contributed by atoms with Crippen LogP contribution in [0.3, 0.4) is 0 Å². The summed E-state index contributed by atoms with van der Waals surface area (Å²) in [6.45, 7) is 4.11. The van der Waals surface area contributed by atoms with Gasteiger partial charge in [-0.25, -0.2) is 0 Å². The van der Waals surface area contributed by atoms with E-state index < -0.39 is 0 Å². The highest BCUT2D eigenvalue weighted by Gasteiger charge is 2.01. The van der Waals surface area contributed by atoms with Crippen molar-refractivity contribution < 1.29 is 4.74 Å². The quantitative estimate of drug-likeness (QED) is 0.332. The molecule has 0 bridgehead atoms. The van der Waals surface area contributed by atoms with Gasteiger partial charge in [0.15, 0.2) is 6.21 Å². The fourth-order valence-electron chi connectivity index (χ4n) is 1.63. The Balaban J connectivity index is 2.33. The van der Waals surface area contributed by atoms with Gasteiger partial charge in [-0.1, -0.05) is 24.3 Å². The number of nitrogens with zero attached hydrogens (tertiary/aromatic N) is 1. The first-order chi connectivity index (χ1) is 8.16. The molecule has 0 saturated carbocycles. The number of rotatable bonds is 2. The molecule has 0 N–H and O–H groups in total. The number of hydrogen-bond acceptors (Lipinski definition) is 1. The average molecular weight is 225 g/mol. The third-order valence-corrected chi connectivity index (χ3v) is 2.81. The molecule has 2 heteroatoms. The van der Waals surface area contributed by atoms with Crippen molar-refractivity contribution in [3.63, 3.8) is 0 Å². The number of hydrogen-bond donors (Lipinski definition) is 0. The molecule has 2 aromatic carbocycles. The molecule has 2 nitrogen and oxygen atoms in total. The van der Waals surface area contributed by atoms with E-state index in [0.29, 0.717) is 5.69 Å². The second kappa shape index (κ2) is 4.83. The molecule has 86 valence electrons. The summed E-state index contributed by atoms with van der Waals surface area (Å²) < 4.78 is 0.893. The van der Waals surface area contributed by atoms with Gasteiger partial charge in [-0.05, 0) is 37.1 Å². The molecule has 0 saturated heterocycles. The fourth-order valence-corrected chi connectivity index (χ4v) is 1.63. The number of para-hydroxylation sites is 1. The lowest BCUT2D eigenvalue weighted by atomic mass is 10.1. The minimum atomic E-state index is 0.644. The standard InChI is InChI=1S/C15H15NO/c1-12-8-9-14(10-13(12)2)11-16(17)15-6-4-3-5-7-15/h3-11H,1-2H3. The predicted octanol–water partition coefficient (Wildman–Crippen LogP) is 3.56. The van der Waals surface area contributed by atoms with Crippen molar-refractivity contribution >= 4 is 11.9 Å². The first-order valence-electron chi connectivity index (χ1n) is 5.60. The lowest BCUT2D eigenvalue weighted by Crippen LogP contribution is -1.99. The maximum Gasteiger partial charge on any atom is 0.216 e. The first kappa shape index (κ1) is 11.4. The second-order valence-electron chi connectivity index (χ2n) is 4.13. The molecule has 0 heterocycles. The molecular weight excluding hydrogens is 210 g/mol. The van der Waals surface area contributed by atoms with Gasteiger partial charge in [0.2, 0.25) is 5.69 Å². The highest BCUT2D eigenvalue weighted by molar-refractivity contribution is 5.77. The number of benzene rings is 2. The topological polar surface area (TPSA) is 26.1 Å². The van der Waals surface area contributed by atoms with Crippen molar-refractivity contribution in [3.05, 3.63) is 70.4 Å². The van der Waals surface area contributed by atoms with Gasteiger partial charge in [0.05, 0.1) is 0 Å². The Morgan fingerprint density at radius 3 is 2.29 bits per heavy atom. The molecule has 0 spiro atoms. The Morgan fingerprint density at radius 1 is 0.941 bits per heavy atom. The molecule has 0 atom stereocenters. The predicted molar refractivity (Wildman–Crippen MR) is 70.8 cm³/mol. The van der Waals surface area contributed by atoms with E-state index in [-0.39, 0.29) is 0 Å². The van der Waals surface area contributed by atoms with Gasteiger partial charge in [0.25, 0.3) is 0 Å². The fraction of sp³-hybridized carbons (Fsp3) is 0.133. The summed E-state index contributed by atoms with van der Waals surface area (Å²) in [4.78, 5) is 0. The van der Waals surface area contributed by atoms with Crippen LogP contribution < -0.4 is 0 Å². The molecule has 0 aliphatic heterocycles. The molecule has 0 aliphatic rings. The van der Waals surface area contributed by atoms with Gasteiger partial charge < -0.3 is 5.21 Å². The van der Waals surface area contributed by atoms with Crippen molar-refractivity contribution in [2.24, 2.45) is 0 Å². The van der Waals surface area contributed by atoms with Crippen molar-refractivity contribution in [2.45, 2.75) is 13.8 Å². The molecule has 2 aromatic rings. The molecule has 0 aliphatic carbocycles. The van der Waals surface area contributed by atoms with Crippen LogP contribution in [0.5, 0.6) is 0 Å². The van der Waals surface area contributed by atoms with E-state index in [9.17, 15) is 5.21 Å². The van der Waals surface area contributed by atoms with E-state index in [1.54, 1.807) is 18.3 Å². The van der Waals surface area contributed by atoms with Crippen LogP contribution in [0.15, 0.2) is 48.5 Å². The van der Waals surface area contributed by atoms with E-state index in [1.807, 2.05) is 43.3 Å². The lowest BCUT2D eigenvalue weighted by molar-refractivity contribution is -0.354. The maximum atomic E-state index is 11.9. The summed E-state index contributed by atoms with van der Waals surface area (Å²) in [5.41, 5.74) is 4.00. The van der Waals surface area contributed by atoms with Crippen LogP contribution in [-0.4, -0.2) is 11.0 Å². The minimum Gasteiger partial charge on any atom is -0.618 e. The van der Waals surface area contributed by atoms with Crippen molar-refractivity contribution in [3.8, 4) is 0 Å². The normalized spacial score (nSPS) is 11.5. The molecule has 0 radical (unpaired) electrons. The SMILES string of the molecule is Cc1ccc(C=[N+]([O-])c2ccccc2)cc1C. The minimum absolute atomic E-state index is 0.644. The Labute approximate surface area is 101 Å². The second-order valence-corrected chi connectivity index (χ2v) is 4.13. The largest absolute Gasteiger partial charge is 0.618 e. The Bertz CT molecular complexity index is 544. The van der Waals surface area contributed by atoms with Crippen LogP contribution in [0.4, 0.5) is 5.69 Å². The molecule has 17 heavy (non-hydrogen) atoms. The molecule has 0 unspecified atom stereocenters. The zero-order valence-electron chi connectivity index (χ0n) is 10.1. The molecule has 0 aromatic heterocycles. The lowest BCUT2D eigenvalue weighted by Gasteiger charge is -2.04. The third kappa shape index (κ3) is 2.72. The van der Waals surface area contributed by atoms with Crippen LogP contribution in [0.2, 0.25) is 0 Å². The molecule has 0 amide bonds. The van der Waals surface area contributed by atoms with Gasteiger partial charge >= 0.3 is 0 Å². The summed E-state index contributed by atoms with van der Waals surface area (Å²) >= 11 is 0. The zero-order chi connectivity index (χ0) is 12.3. The maximum absolute atomic E-state index is 11.9. The van der Waals surface area contributed by atoms with E-state index in [2.05, 4.69) is 6.92 Å². The number of aryl methyl sites for hydroxylation is 2. The van der Waals surface area contributed by atoms with Crippen molar-refractivity contribution in [2.75, 3.05) is 0 Å². The summed E-state index contributed by atoms with van der Waals surface area (Å²) in [7, 11) is 0. The van der Waals surface area contributed by atoms with Gasteiger partial charge in [0, 0.05) is 17.7 Å². The van der Waals surface area contributed by atoms with E-state index >= 15 is 0 Å². The smallest absolute Gasteiger partial charge is 0.216 e. The van der Waals surface area contributed by atoms with E-state index in [0.717, 1.165) is 10.3 Å². The summed E-state index contributed by atoms with van der Waals surface area (Å²) in [5.74, 6) is 0. The highest BCUT2D eigenvalue weighted by atomic mass is 16.5. The molecule has 0 fully saturated rings. The van der Waals surface area contributed by atoms with Crippen LogP contribution in [0.1, 0.15) is 16.7 Å². The Kier molecular flexibility index (Phi) is 3.24. The van der Waals surface area contributed by atoms with Crippen molar-refractivity contribution in [1.82, 2.24) is 0 Å². The zero-order valence-corrected chi connectivity index (χ0v) is 10.1.